The Morgan fingerprint density at radius 1 is 1.29 bits per heavy atom. The Bertz CT molecular complexity index is 583. The average Bonchev–Trinajstić information content (AvgIpc) is 2.52. The number of likely N-dealkylation sites (tertiary alicyclic amines) is 1. The molecule has 1 saturated heterocycles. The SMILES string of the molecule is C[C@@H]1C[C@H](C)CN(C(=O)[C@@H](C)Nc2ccccc2SCC(N)=O)C1. The largest absolute Gasteiger partial charge is 0.373 e. The summed E-state index contributed by atoms with van der Waals surface area (Å²) >= 11 is 1.38. The highest BCUT2D eigenvalue weighted by atomic mass is 32.2. The molecule has 1 aromatic rings. The van der Waals surface area contributed by atoms with Gasteiger partial charge in [-0.25, -0.2) is 0 Å². The first-order chi connectivity index (χ1) is 11.4. The fraction of sp³-hybridized carbons (Fsp3) is 0.556. The van der Waals surface area contributed by atoms with Crippen LogP contribution in [0.5, 0.6) is 0 Å². The zero-order valence-corrected chi connectivity index (χ0v) is 15.4. The highest BCUT2D eigenvalue weighted by Crippen LogP contribution is 2.28. The number of rotatable bonds is 6. The van der Waals surface area contributed by atoms with E-state index in [-0.39, 0.29) is 23.6 Å². The van der Waals surface area contributed by atoms with E-state index >= 15 is 0 Å². The topological polar surface area (TPSA) is 75.4 Å². The maximum atomic E-state index is 12.8. The number of amides is 2. The summed E-state index contributed by atoms with van der Waals surface area (Å²) < 4.78 is 0. The van der Waals surface area contributed by atoms with Gasteiger partial charge in [-0.2, -0.15) is 0 Å². The van der Waals surface area contributed by atoms with Gasteiger partial charge in [-0.15, -0.1) is 11.8 Å². The standard InChI is InChI=1S/C18H27N3O2S/c1-12-8-13(2)10-21(9-12)18(23)14(3)20-15-6-4-5-7-16(15)24-11-17(19)22/h4-7,12-14,20H,8-11H2,1-3H3,(H2,19,22)/t12-,13+,14-/m1/s1. The fourth-order valence-electron chi connectivity index (χ4n) is 3.27. The first-order valence-electron chi connectivity index (χ1n) is 8.42. The van der Waals surface area contributed by atoms with Gasteiger partial charge in [-0.3, -0.25) is 9.59 Å². The van der Waals surface area contributed by atoms with Crippen LogP contribution >= 0.6 is 11.8 Å². The Kier molecular flexibility index (Phi) is 6.54. The average molecular weight is 350 g/mol. The van der Waals surface area contributed by atoms with Crippen LogP contribution in [0.4, 0.5) is 5.69 Å². The third-order valence-electron chi connectivity index (χ3n) is 4.18. The molecule has 6 heteroatoms. The van der Waals surface area contributed by atoms with Crippen molar-refractivity contribution in [2.24, 2.45) is 17.6 Å². The van der Waals surface area contributed by atoms with Gasteiger partial charge in [0.1, 0.15) is 6.04 Å². The Labute approximate surface area is 148 Å². The molecule has 132 valence electrons. The van der Waals surface area contributed by atoms with E-state index in [0.717, 1.165) is 23.7 Å². The Balaban J connectivity index is 2.02. The predicted octanol–water partition coefficient (Wildman–Crippen LogP) is 2.57. The minimum Gasteiger partial charge on any atom is -0.373 e. The zero-order chi connectivity index (χ0) is 17.7. The lowest BCUT2D eigenvalue weighted by atomic mass is 9.91. The number of carbonyl (C=O) groups is 2. The van der Waals surface area contributed by atoms with Gasteiger partial charge in [0.05, 0.1) is 5.75 Å². The number of nitrogens with two attached hydrogens (primary N) is 1. The van der Waals surface area contributed by atoms with Crippen LogP contribution in [0.1, 0.15) is 27.2 Å². The molecule has 1 aliphatic rings. The number of nitrogens with one attached hydrogen (secondary N) is 1. The molecular formula is C18H27N3O2S. The van der Waals surface area contributed by atoms with Crippen molar-refractivity contribution in [3.05, 3.63) is 24.3 Å². The van der Waals surface area contributed by atoms with Crippen LogP contribution in [-0.2, 0) is 9.59 Å². The summed E-state index contributed by atoms with van der Waals surface area (Å²) in [7, 11) is 0. The van der Waals surface area contributed by atoms with Gasteiger partial charge < -0.3 is 16.0 Å². The third-order valence-corrected chi connectivity index (χ3v) is 5.28. The van der Waals surface area contributed by atoms with Crippen LogP contribution in [0.15, 0.2) is 29.2 Å². The molecule has 0 aromatic heterocycles. The van der Waals surface area contributed by atoms with E-state index in [1.807, 2.05) is 36.1 Å². The number of carbonyl (C=O) groups excluding carboxylic acids is 2. The van der Waals surface area contributed by atoms with E-state index in [2.05, 4.69) is 19.2 Å². The number of para-hydroxylation sites is 1. The molecule has 0 bridgehead atoms. The summed E-state index contributed by atoms with van der Waals surface area (Å²) in [6, 6.07) is 7.37. The minimum absolute atomic E-state index is 0.128. The molecule has 1 fully saturated rings. The van der Waals surface area contributed by atoms with Gasteiger partial charge >= 0.3 is 0 Å². The summed E-state index contributed by atoms with van der Waals surface area (Å²) in [5, 5.41) is 3.30. The van der Waals surface area contributed by atoms with E-state index < -0.39 is 0 Å². The fourth-order valence-corrected chi connectivity index (χ4v) is 4.03. The monoisotopic (exact) mass is 349 g/mol. The van der Waals surface area contributed by atoms with Crippen molar-refractivity contribution < 1.29 is 9.59 Å². The molecule has 0 spiro atoms. The highest BCUT2D eigenvalue weighted by molar-refractivity contribution is 8.00. The van der Waals surface area contributed by atoms with E-state index in [4.69, 9.17) is 5.73 Å². The second-order valence-corrected chi connectivity index (χ2v) is 7.82. The van der Waals surface area contributed by atoms with Crippen molar-refractivity contribution in [1.82, 2.24) is 4.90 Å². The van der Waals surface area contributed by atoms with Crippen LogP contribution in [-0.4, -0.2) is 41.6 Å². The molecule has 2 rings (SSSR count). The lowest BCUT2D eigenvalue weighted by molar-refractivity contribution is -0.134. The second kappa shape index (κ2) is 8.42. The molecule has 1 heterocycles. The number of thioether (sulfide) groups is 1. The van der Waals surface area contributed by atoms with Gasteiger partial charge in [-0.05, 0) is 37.3 Å². The smallest absolute Gasteiger partial charge is 0.244 e. The summed E-state index contributed by atoms with van der Waals surface area (Å²) in [6.45, 7) is 7.94. The molecular weight excluding hydrogens is 322 g/mol. The van der Waals surface area contributed by atoms with Gasteiger partial charge in [0.15, 0.2) is 0 Å². The highest BCUT2D eigenvalue weighted by Gasteiger charge is 2.28. The van der Waals surface area contributed by atoms with Gasteiger partial charge in [-0.1, -0.05) is 26.0 Å². The van der Waals surface area contributed by atoms with Crippen molar-refractivity contribution in [2.75, 3.05) is 24.2 Å². The molecule has 1 aliphatic heterocycles. The van der Waals surface area contributed by atoms with Gasteiger partial charge in [0.2, 0.25) is 11.8 Å². The summed E-state index contributed by atoms with van der Waals surface area (Å²) in [5.74, 6) is 1.09. The summed E-state index contributed by atoms with van der Waals surface area (Å²) in [6.07, 6.45) is 1.18. The maximum Gasteiger partial charge on any atom is 0.244 e. The molecule has 0 unspecified atom stereocenters. The molecule has 5 nitrogen and oxygen atoms in total. The van der Waals surface area contributed by atoms with E-state index in [1.165, 1.54) is 18.2 Å². The van der Waals surface area contributed by atoms with Gasteiger partial charge in [0, 0.05) is 23.7 Å². The number of primary amides is 1. The molecule has 2 amide bonds. The van der Waals surface area contributed by atoms with E-state index in [0.29, 0.717) is 11.8 Å². The van der Waals surface area contributed by atoms with Crippen LogP contribution in [0.3, 0.4) is 0 Å². The molecule has 3 atom stereocenters. The first-order valence-corrected chi connectivity index (χ1v) is 9.40. The van der Waals surface area contributed by atoms with Crippen LogP contribution in [0.2, 0.25) is 0 Å². The first kappa shape index (κ1) is 18.6. The van der Waals surface area contributed by atoms with Crippen molar-refractivity contribution in [3.63, 3.8) is 0 Å². The number of benzene rings is 1. The van der Waals surface area contributed by atoms with Crippen molar-refractivity contribution in [1.29, 1.82) is 0 Å². The predicted molar refractivity (Wildman–Crippen MR) is 99.0 cm³/mol. The third kappa shape index (κ3) is 5.16. The lowest BCUT2D eigenvalue weighted by Crippen LogP contribution is -2.48. The van der Waals surface area contributed by atoms with E-state index in [1.54, 1.807) is 0 Å². The molecule has 3 N–H and O–H groups in total. The molecule has 0 radical (unpaired) electrons. The second-order valence-electron chi connectivity index (χ2n) is 6.81. The minimum atomic E-state index is -0.352. The number of anilines is 1. The number of piperidine rings is 1. The van der Waals surface area contributed by atoms with E-state index in [9.17, 15) is 9.59 Å². The van der Waals surface area contributed by atoms with Gasteiger partial charge in [0.25, 0.3) is 0 Å². The van der Waals surface area contributed by atoms with Crippen molar-refractivity contribution in [3.8, 4) is 0 Å². The summed E-state index contributed by atoms with van der Waals surface area (Å²) in [4.78, 5) is 26.7. The molecule has 24 heavy (non-hydrogen) atoms. The number of hydrogen-bond donors (Lipinski definition) is 2. The molecule has 0 aliphatic carbocycles. The number of hydrogen-bond acceptors (Lipinski definition) is 4. The van der Waals surface area contributed by atoms with Crippen LogP contribution < -0.4 is 11.1 Å². The zero-order valence-electron chi connectivity index (χ0n) is 14.6. The Morgan fingerprint density at radius 2 is 1.92 bits per heavy atom. The summed E-state index contributed by atoms with van der Waals surface area (Å²) in [5.41, 5.74) is 6.09. The van der Waals surface area contributed by atoms with Crippen molar-refractivity contribution >= 4 is 29.3 Å². The lowest BCUT2D eigenvalue weighted by Gasteiger charge is -2.36. The normalized spacial score (nSPS) is 22.0. The van der Waals surface area contributed by atoms with Crippen LogP contribution in [0, 0.1) is 11.8 Å². The molecule has 1 aromatic carbocycles. The molecule has 0 saturated carbocycles. The Hall–Kier alpha value is -1.69. The quantitative estimate of drug-likeness (QED) is 0.774. The van der Waals surface area contributed by atoms with Crippen LogP contribution in [0.25, 0.3) is 0 Å². The van der Waals surface area contributed by atoms with Crippen molar-refractivity contribution in [2.45, 2.75) is 38.1 Å². The number of nitrogens with zero attached hydrogens (tertiary/aromatic N) is 1. The maximum absolute atomic E-state index is 12.8. The Morgan fingerprint density at radius 3 is 2.54 bits per heavy atom.